The fraction of sp³-hybridized carbons (Fsp3) is 0.900. The molecular weight excluding hydrogens is 314 g/mol. The van der Waals surface area contributed by atoms with Gasteiger partial charge in [-0.3, -0.25) is 9.59 Å². The fourth-order valence-electron chi connectivity index (χ4n) is 5.00. The molecule has 142 valence electrons. The van der Waals surface area contributed by atoms with Gasteiger partial charge in [0.1, 0.15) is 0 Å². The van der Waals surface area contributed by atoms with E-state index in [0.717, 1.165) is 45.1 Å². The number of hydrogen-bond acceptors (Lipinski definition) is 3. The van der Waals surface area contributed by atoms with E-state index in [1.807, 2.05) is 4.90 Å². The molecule has 5 heteroatoms. The topological polar surface area (TPSA) is 61.4 Å². The number of amides is 2. The molecule has 3 aliphatic heterocycles. The maximum atomic E-state index is 12.8. The lowest BCUT2D eigenvalue weighted by Crippen LogP contribution is -2.48. The average Bonchev–Trinajstić information content (AvgIpc) is 2.93. The van der Waals surface area contributed by atoms with Crippen LogP contribution >= 0.6 is 0 Å². The molecule has 2 bridgehead atoms. The molecule has 25 heavy (non-hydrogen) atoms. The molecule has 3 fully saturated rings. The Kier molecular flexibility index (Phi) is 6.37. The molecule has 0 aromatic carbocycles. The van der Waals surface area contributed by atoms with Gasteiger partial charge < -0.3 is 15.5 Å². The zero-order valence-electron chi connectivity index (χ0n) is 15.9. The summed E-state index contributed by atoms with van der Waals surface area (Å²) < 4.78 is 0. The van der Waals surface area contributed by atoms with Crippen molar-refractivity contribution in [2.75, 3.05) is 13.1 Å². The maximum Gasteiger partial charge on any atom is 0.225 e. The van der Waals surface area contributed by atoms with Crippen molar-refractivity contribution in [1.29, 1.82) is 0 Å². The van der Waals surface area contributed by atoms with Crippen LogP contribution in [-0.4, -0.2) is 47.9 Å². The summed E-state index contributed by atoms with van der Waals surface area (Å²) in [5.74, 6) is 0.912. The van der Waals surface area contributed by atoms with E-state index in [4.69, 9.17) is 0 Å². The molecule has 4 atom stereocenters. The van der Waals surface area contributed by atoms with Crippen molar-refractivity contribution in [1.82, 2.24) is 15.5 Å². The molecule has 3 rings (SSSR count). The highest BCUT2D eigenvalue weighted by molar-refractivity contribution is 5.81. The Morgan fingerprint density at radius 3 is 2.60 bits per heavy atom. The van der Waals surface area contributed by atoms with E-state index < -0.39 is 0 Å². The van der Waals surface area contributed by atoms with Gasteiger partial charge in [-0.15, -0.1) is 0 Å². The number of piperidine rings is 2. The standard InChI is InChI=1S/C20H35N3O2/c1-3-5-14(2)21-20(25)16-6-4-9-23(13-16)19(24)12-15-10-17-7-8-18(11-15)22-17/h14-18,22H,3-13H2,1-2H3,(H,21,25). The lowest BCUT2D eigenvalue weighted by Gasteiger charge is -2.35. The predicted octanol–water partition coefficient (Wildman–Crippen LogP) is 2.45. The van der Waals surface area contributed by atoms with Gasteiger partial charge in [0.2, 0.25) is 11.8 Å². The SMILES string of the molecule is CCCC(C)NC(=O)C1CCCN(C(=O)CC2CC3CCC(C2)N3)C1. The van der Waals surface area contributed by atoms with Gasteiger partial charge in [0, 0.05) is 37.6 Å². The van der Waals surface area contributed by atoms with Crippen LogP contribution < -0.4 is 10.6 Å². The van der Waals surface area contributed by atoms with Gasteiger partial charge in [-0.05, 0) is 57.8 Å². The lowest BCUT2D eigenvalue weighted by molar-refractivity contribution is -0.136. The first-order chi connectivity index (χ1) is 12.0. The molecule has 0 aliphatic carbocycles. The monoisotopic (exact) mass is 349 g/mol. The molecule has 0 aromatic heterocycles. The number of nitrogens with zero attached hydrogens (tertiary/aromatic N) is 1. The molecule has 3 heterocycles. The maximum absolute atomic E-state index is 12.8. The number of nitrogens with one attached hydrogen (secondary N) is 2. The Morgan fingerprint density at radius 2 is 1.92 bits per heavy atom. The van der Waals surface area contributed by atoms with E-state index in [9.17, 15) is 9.59 Å². The van der Waals surface area contributed by atoms with Crippen molar-refractivity contribution < 1.29 is 9.59 Å². The van der Waals surface area contributed by atoms with Crippen LogP contribution in [0.2, 0.25) is 0 Å². The first kappa shape index (κ1) is 18.7. The quantitative estimate of drug-likeness (QED) is 0.774. The van der Waals surface area contributed by atoms with Crippen LogP contribution in [0, 0.1) is 11.8 Å². The lowest BCUT2D eigenvalue weighted by atomic mass is 9.88. The minimum atomic E-state index is -0.0267. The number of rotatable bonds is 6. The zero-order valence-corrected chi connectivity index (χ0v) is 15.9. The molecule has 0 aromatic rings. The summed E-state index contributed by atoms with van der Waals surface area (Å²) in [6.07, 6.45) is 9.47. The third-order valence-electron chi connectivity index (χ3n) is 6.29. The minimum Gasteiger partial charge on any atom is -0.353 e. The average molecular weight is 350 g/mol. The molecule has 2 N–H and O–H groups in total. The summed E-state index contributed by atoms with van der Waals surface area (Å²) in [6.45, 7) is 5.64. The van der Waals surface area contributed by atoms with Crippen molar-refractivity contribution in [3.8, 4) is 0 Å². The molecule has 4 unspecified atom stereocenters. The van der Waals surface area contributed by atoms with Crippen molar-refractivity contribution in [2.45, 2.75) is 89.8 Å². The van der Waals surface area contributed by atoms with Crippen molar-refractivity contribution in [2.24, 2.45) is 11.8 Å². The van der Waals surface area contributed by atoms with Gasteiger partial charge in [0.25, 0.3) is 0 Å². The molecule has 5 nitrogen and oxygen atoms in total. The van der Waals surface area contributed by atoms with Gasteiger partial charge in [-0.1, -0.05) is 13.3 Å². The molecule has 0 radical (unpaired) electrons. The summed E-state index contributed by atoms with van der Waals surface area (Å²) in [5.41, 5.74) is 0. The molecule has 0 spiro atoms. The first-order valence-corrected chi connectivity index (χ1v) is 10.4. The van der Waals surface area contributed by atoms with E-state index in [0.29, 0.717) is 31.0 Å². The van der Waals surface area contributed by atoms with Crippen LogP contribution in [0.25, 0.3) is 0 Å². The molecule has 3 aliphatic rings. The van der Waals surface area contributed by atoms with Crippen LogP contribution in [0.1, 0.15) is 71.6 Å². The largest absolute Gasteiger partial charge is 0.353 e. The Hall–Kier alpha value is -1.10. The second-order valence-corrected chi connectivity index (χ2v) is 8.56. The Labute approximate surface area is 152 Å². The Morgan fingerprint density at radius 1 is 1.20 bits per heavy atom. The van der Waals surface area contributed by atoms with Gasteiger partial charge in [0.05, 0.1) is 5.92 Å². The highest BCUT2D eigenvalue weighted by atomic mass is 16.2. The summed E-state index contributed by atoms with van der Waals surface area (Å²) in [7, 11) is 0. The third kappa shape index (κ3) is 4.96. The van der Waals surface area contributed by atoms with Crippen LogP contribution in [0.4, 0.5) is 0 Å². The van der Waals surface area contributed by atoms with Crippen LogP contribution in [0.3, 0.4) is 0 Å². The van der Waals surface area contributed by atoms with Crippen molar-refractivity contribution >= 4 is 11.8 Å². The van der Waals surface area contributed by atoms with Crippen LogP contribution in [-0.2, 0) is 9.59 Å². The number of carbonyl (C=O) groups excluding carboxylic acids is 2. The zero-order chi connectivity index (χ0) is 17.8. The van der Waals surface area contributed by atoms with Crippen molar-refractivity contribution in [3.05, 3.63) is 0 Å². The highest BCUT2D eigenvalue weighted by Crippen LogP contribution is 2.33. The van der Waals surface area contributed by atoms with E-state index in [2.05, 4.69) is 24.5 Å². The third-order valence-corrected chi connectivity index (χ3v) is 6.29. The van der Waals surface area contributed by atoms with Gasteiger partial charge in [-0.2, -0.15) is 0 Å². The first-order valence-electron chi connectivity index (χ1n) is 10.4. The van der Waals surface area contributed by atoms with Crippen molar-refractivity contribution in [3.63, 3.8) is 0 Å². The molecule has 3 saturated heterocycles. The summed E-state index contributed by atoms with van der Waals surface area (Å²) >= 11 is 0. The van der Waals surface area contributed by atoms with Gasteiger partial charge >= 0.3 is 0 Å². The second kappa shape index (κ2) is 8.52. The van der Waals surface area contributed by atoms with Gasteiger partial charge in [-0.25, -0.2) is 0 Å². The number of fused-ring (bicyclic) bond motifs is 2. The summed E-state index contributed by atoms with van der Waals surface area (Å²) in [5, 5.41) is 6.77. The smallest absolute Gasteiger partial charge is 0.225 e. The molecule has 2 amide bonds. The number of carbonyl (C=O) groups is 2. The summed E-state index contributed by atoms with van der Waals surface area (Å²) in [6, 6.07) is 1.50. The highest BCUT2D eigenvalue weighted by Gasteiger charge is 2.36. The van der Waals surface area contributed by atoms with E-state index in [-0.39, 0.29) is 23.8 Å². The summed E-state index contributed by atoms with van der Waals surface area (Å²) in [4.78, 5) is 27.2. The second-order valence-electron chi connectivity index (χ2n) is 8.56. The van der Waals surface area contributed by atoms with Crippen LogP contribution in [0.15, 0.2) is 0 Å². The van der Waals surface area contributed by atoms with E-state index in [1.54, 1.807) is 0 Å². The Bertz CT molecular complexity index is 470. The fourth-order valence-corrected chi connectivity index (χ4v) is 5.00. The molecular formula is C20H35N3O2. The Balaban J connectivity index is 1.47. The minimum absolute atomic E-state index is 0.0267. The van der Waals surface area contributed by atoms with E-state index >= 15 is 0 Å². The molecule has 0 saturated carbocycles. The predicted molar refractivity (Wildman–Crippen MR) is 99.1 cm³/mol. The number of likely N-dealkylation sites (tertiary alicyclic amines) is 1. The van der Waals surface area contributed by atoms with Gasteiger partial charge in [0.15, 0.2) is 0 Å². The van der Waals surface area contributed by atoms with Crippen LogP contribution in [0.5, 0.6) is 0 Å². The normalized spacial score (nSPS) is 33.1. The van der Waals surface area contributed by atoms with E-state index in [1.165, 1.54) is 12.8 Å². The number of hydrogen-bond donors (Lipinski definition) is 2.